The van der Waals surface area contributed by atoms with Crippen LogP contribution in [0.2, 0.25) is 5.02 Å². The molecule has 0 saturated carbocycles. The number of furan rings is 1. The summed E-state index contributed by atoms with van der Waals surface area (Å²) in [6.07, 6.45) is 1.59. The zero-order chi connectivity index (χ0) is 9.42. The Kier molecular flexibility index (Phi) is 2.22. The first-order valence-corrected chi connectivity index (χ1v) is 4.80. The van der Waals surface area contributed by atoms with Gasteiger partial charge in [0.05, 0.1) is 28.3 Å². The van der Waals surface area contributed by atoms with Crippen LogP contribution < -0.4 is 4.74 Å². The summed E-state index contributed by atoms with van der Waals surface area (Å²) >= 11 is 9.32. The van der Waals surface area contributed by atoms with Crippen LogP contribution in [0.4, 0.5) is 0 Å². The number of ether oxygens (including phenoxy) is 1. The lowest BCUT2D eigenvalue weighted by Gasteiger charge is -2.04. The van der Waals surface area contributed by atoms with Crippen LogP contribution in [0.5, 0.6) is 5.75 Å². The molecule has 1 aromatic heterocycles. The highest BCUT2D eigenvalue weighted by Crippen LogP contribution is 2.38. The smallest absolute Gasteiger partial charge is 0.156 e. The summed E-state index contributed by atoms with van der Waals surface area (Å²) in [5, 5.41) is 1.45. The Labute approximate surface area is 88.6 Å². The van der Waals surface area contributed by atoms with Crippen molar-refractivity contribution >= 4 is 38.5 Å². The number of hydrogen-bond acceptors (Lipinski definition) is 2. The molecule has 1 heterocycles. The van der Waals surface area contributed by atoms with Crippen molar-refractivity contribution in [1.29, 1.82) is 0 Å². The molecule has 0 unspecified atom stereocenters. The van der Waals surface area contributed by atoms with Crippen molar-refractivity contribution in [1.82, 2.24) is 0 Å². The van der Waals surface area contributed by atoms with E-state index in [9.17, 15) is 0 Å². The quantitative estimate of drug-likeness (QED) is 0.778. The van der Waals surface area contributed by atoms with Crippen LogP contribution in [0.1, 0.15) is 0 Å². The molecule has 0 saturated heterocycles. The Morgan fingerprint density at radius 3 is 3.00 bits per heavy atom. The van der Waals surface area contributed by atoms with Gasteiger partial charge < -0.3 is 9.15 Å². The number of hydrogen-bond donors (Lipinski definition) is 0. The first kappa shape index (κ1) is 8.91. The standard InChI is InChI=1S/C9H6BrClO2/c1-12-8-5-2-3-13-9(5)7(11)4-6(8)10/h2-4H,1H3. The van der Waals surface area contributed by atoms with E-state index in [0.29, 0.717) is 10.6 Å². The van der Waals surface area contributed by atoms with Gasteiger partial charge in [0.2, 0.25) is 0 Å². The molecule has 0 aliphatic carbocycles. The molecule has 0 atom stereocenters. The molecule has 4 heteroatoms. The zero-order valence-corrected chi connectivity index (χ0v) is 9.15. The van der Waals surface area contributed by atoms with Crippen molar-refractivity contribution in [3.63, 3.8) is 0 Å². The van der Waals surface area contributed by atoms with Gasteiger partial charge in [0.1, 0.15) is 5.75 Å². The Bertz CT molecular complexity index is 450. The van der Waals surface area contributed by atoms with Crippen molar-refractivity contribution in [2.24, 2.45) is 0 Å². The third-order valence-electron chi connectivity index (χ3n) is 1.80. The average molecular weight is 262 g/mol. The van der Waals surface area contributed by atoms with E-state index < -0.39 is 0 Å². The number of methoxy groups -OCH3 is 1. The molecule has 2 nitrogen and oxygen atoms in total. The largest absolute Gasteiger partial charge is 0.495 e. The van der Waals surface area contributed by atoms with Gasteiger partial charge in [-0.2, -0.15) is 0 Å². The highest BCUT2D eigenvalue weighted by molar-refractivity contribution is 9.10. The highest BCUT2D eigenvalue weighted by atomic mass is 79.9. The van der Waals surface area contributed by atoms with Crippen LogP contribution in [0.3, 0.4) is 0 Å². The molecule has 0 bridgehead atoms. The molecular formula is C9H6BrClO2. The summed E-state index contributed by atoms with van der Waals surface area (Å²) in [6.45, 7) is 0. The topological polar surface area (TPSA) is 22.4 Å². The van der Waals surface area contributed by atoms with Crippen LogP contribution in [0.15, 0.2) is 27.3 Å². The molecule has 0 aliphatic rings. The molecule has 2 aromatic rings. The van der Waals surface area contributed by atoms with Crippen LogP contribution in [-0.2, 0) is 0 Å². The Morgan fingerprint density at radius 2 is 2.31 bits per heavy atom. The first-order valence-electron chi connectivity index (χ1n) is 3.63. The third kappa shape index (κ3) is 1.32. The van der Waals surface area contributed by atoms with Crippen molar-refractivity contribution in [3.8, 4) is 5.75 Å². The molecule has 13 heavy (non-hydrogen) atoms. The lowest BCUT2D eigenvalue weighted by atomic mass is 10.2. The molecule has 2 rings (SSSR count). The summed E-state index contributed by atoms with van der Waals surface area (Å²) in [7, 11) is 1.61. The minimum Gasteiger partial charge on any atom is -0.495 e. The Balaban J connectivity index is 2.88. The molecule has 0 radical (unpaired) electrons. The Hall–Kier alpha value is -0.670. The summed E-state index contributed by atoms with van der Waals surface area (Å²) in [6, 6.07) is 3.58. The minimum atomic E-state index is 0.577. The lowest BCUT2D eigenvalue weighted by molar-refractivity contribution is 0.417. The summed E-state index contributed by atoms with van der Waals surface area (Å²) < 4.78 is 11.2. The van der Waals surface area contributed by atoms with Gasteiger partial charge in [-0.3, -0.25) is 0 Å². The predicted molar refractivity (Wildman–Crippen MR) is 55.5 cm³/mol. The second-order valence-corrected chi connectivity index (χ2v) is 3.80. The lowest BCUT2D eigenvalue weighted by Crippen LogP contribution is -1.85. The predicted octanol–water partition coefficient (Wildman–Crippen LogP) is 3.86. The minimum absolute atomic E-state index is 0.577. The average Bonchev–Trinajstić information content (AvgIpc) is 2.53. The van der Waals surface area contributed by atoms with Crippen molar-refractivity contribution < 1.29 is 9.15 Å². The van der Waals surface area contributed by atoms with Gasteiger partial charge in [0.15, 0.2) is 5.58 Å². The van der Waals surface area contributed by atoms with E-state index in [4.69, 9.17) is 20.8 Å². The SMILES string of the molecule is COc1c(Br)cc(Cl)c2occc12. The second-order valence-electron chi connectivity index (χ2n) is 2.54. The van der Waals surface area contributed by atoms with Gasteiger partial charge in [-0.1, -0.05) is 11.6 Å². The maximum absolute atomic E-state index is 5.95. The number of halogens is 2. The van der Waals surface area contributed by atoms with Gasteiger partial charge in [-0.25, -0.2) is 0 Å². The molecule has 0 spiro atoms. The summed E-state index contributed by atoms with van der Waals surface area (Å²) in [5.74, 6) is 0.744. The molecule has 68 valence electrons. The highest BCUT2D eigenvalue weighted by Gasteiger charge is 2.11. The van der Waals surface area contributed by atoms with Crippen LogP contribution in [-0.4, -0.2) is 7.11 Å². The molecule has 0 amide bonds. The fourth-order valence-electron chi connectivity index (χ4n) is 1.25. The van der Waals surface area contributed by atoms with Crippen LogP contribution >= 0.6 is 27.5 Å². The number of fused-ring (bicyclic) bond motifs is 1. The van der Waals surface area contributed by atoms with Crippen molar-refractivity contribution in [2.75, 3.05) is 7.11 Å². The van der Waals surface area contributed by atoms with E-state index in [-0.39, 0.29) is 0 Å². The monoisotopic (exact) mass is 260 g/mol. The van der Waals surface area contributed by atoms with Gasteiger partial charge >= 0.3 is 0 Å². The van der Waals surface area contributed by atoms with Crippen LogP contribution in [0.25, 0.3) is 11.0 Å². The van der Waals surface area contributed by atoms with Gasteiger partial charge in [0.25, 0.3) is 0 Å². The van der Waals surface area contributed by atoms with E-state index in [2.05, 4.69) is 15.9 Å². The van der Waals surface area contributed by atoms with E-state index in [1.807, 2.05) is 6.07 Å². The molecule has 1 aromatic carbocycles. The third-order valence-corrected chi connectivity index (χ3v) is 2.67. The van der Waals surface area contributed by atoms with E-state index in [1.54, 1.807) is 19.4 Å². The summed E-state index contributed by atoms with van der Waals surface area (Å²) in [5.41, 5.74) is 0.654. The first-order chi connectivity index (χ1) is 6.24. The fraction of sp³-hybridized carbons (Fsp3) is 0.111. The van der Waals surface area contributed by atoms with E-state index >= 15 is 0 Å². The molecular weight excluding hydrogens is 255 g/mol. The fourth-order valence-corrected chi connectivity index (χ4v) is 2.24. The van der Waals surface area contributed by atoms with E-state index in [1.165, 1.54) is 0 Å². The molecule has 0 N–H and O–H groups in total. The summed E-state index contributed by atoms with van der Waals surface area (Å²) in [4.78, 5) is 0. The normalized spacial score (nSPS) is 10.7. The van der Waals surface area contributed by atoms with Crippen molar-refractivity contribution in [2.45, 2.75) is 0 Å². The molecule has 0 fully saturated rings. The molecule has 0 aliphatic heterocycles. The van der Waals surface area contributed by atoms with Gasteiger partial charge in [-0.15, -0.1) is 0 Å². The van der Waals surface area contributed by atoms with Gasteiger partial charge in [-0.05, 0) is 28.1 Å². The van der Waals surface area contributed by atoms with E-state index in [0.717, 1.165) is 15.6 Å². The maximum Gasteiger partial charge on any atom is 0.156 e. The second kappa shape index (κ2) is 3.24. The number of rotatable bonds is 1. The van der Waals surface area contributed by atoms with Crippen LogP contribution in [0, 0.1) is 0 Å². The van der Waals surface area contributed by atoms with Gasteiger partial charge in [0, 0.05) is 0 Å². The Morgan fingerprint density at radius 1 is 1.54 bits per heavy atom. The van der Waals surface area contributed by atoms with Crippen molar-refractivity contribution in [3.05, 3.63) is 27.9 Å². The maximum atomic E-state index is 5.95. The number of benzene rings is 1. The zero-order valence-electron chi connectivity index (χ0n) is 6.80.